The molecule has 1 aromatic carbocycles. The maximum atomic E-state index is 13.2. The number of carbonyl (C=O) groups excluding carboxylic acids is 1. The van der Waals surface area contributed by atoms with Crippen molar-refractivity contribution in [2.45, 2.75) is 44.1 Å². The average Bonchev–Trinajstić information content (AvgIpc) is 2.47. The lowest BCUT2D eigenvalue weighted by Crippen LogP contribution is -2.43. The SMILES string of the molecule is NC1CCN(C(=O)C2CCC(F)(F)CC2)c2ccccc21. The smallest absolute Gasteiger partial charge is 0.248 e. The van der Waals surface area contributed by atoms with Gasteiger partial charge in [-0.1, -0.05) is 18.2 Å². The molecule has 0 aromatic heterocycles. The lowest BCUT2D eigenvalue weighted by atomic mass is 9.85. The Hall–Kier alpha value is -1.49. The number of carbonyl (C=O) groups is 1. The molecule has 1 fully saturated rings. The van der Waals surface area contributed by atoms with Gasteiger partial charge in [0.25, 0.3) is 0 Å². The molecule has 21 heavy (non-hydrogen) atoms. The first-order chi connectivity index (χ1) is 9.98. The summed E-state index contributed by atoms with van der Waals surface area (Å²) in [6, 6.07) is 7.57. The molecule has 0 bridgehead atoms. The molecule has 3 nitrogen and oxygen atoms in total. The summed E-state index contributed by atoms with van der Waals surface area (Å²) in [6.45, 7) is 0.573. The van der Waals surface area contributed by atoms with Crippen LogP contribution in [0.25, 0.3) is 0 Å². The largest absolute Gasteiger partial charge is 0.324 e. The van der Waals surface area contributed by atoms with Crippen molar-refractivity contribution in [3.63, 3.8) is 0 Å². The zero-order valence-electron chi connectivity index (χ0n) is 11.9. The van der Waals surface area contributed by atoms with Crippen LogP contribution in [0.5, 0.6) is 0 Å². The van der Waals surface area contributed by atoms with Gasteiger partial charge in [-0.2, -0.15) is 0 Å². The highest BCUT2D eigenvalue weighted by molar-refractivity contribution is 5.96. The van der Waals surface area contributed by atoms with Crippen molar-refractivity contribution in [3.05, 3.63) is 29.8 Å². The average molecular weight is 294 g/mol. The lowest BCUT2D eigenvalue weighted by molar-refractivity contribution is -0.126. The van der Waals surface area contributed by atoms with Crippen LogP contribution in [0.1, 0.15) is 43.7 Å². The third-order valence-electron chi connectivity index (χ3n) is 4.62. The Morgan fingerprint density at radius 1 is 1.19 bits per heavy atom. The highest BCUT2D eigenvalue weighted by atomic mass is 19.3. The number of anilines is 1. The minimum atomic E-state index is -2.60. The summed E-state index contributed by atoms with van der Waals surface area (Å²) in [5.41, 5.74) is 7.90. The van der Waals surface area contributed by atoms with Gasteiger partial charge in [0.05, 0.1) is 0 Å². The van der Waals surface area contributed by atoms with E-state index in [1.165, 1.54) is 0 Å². The Morgan fingerprint density at radius 3 is 2.57 bits per heavy atom. The van der Waals surface area contributed by atoms with Crippen molar-refractivity contribution < 1.29 is 13.6 Å². The van der Waals surface area contributed by atoms with Crippen LogP contribution in [0, 0.1) is 5.92 Å². The van der Waals surface area contributed by atoms with Crippen molar-refractivity contribution in [1.82, 2.24) is 0 Å². The number of hydrogen-bond acceptors (Lipinski definition) is 2. The summed E-state index contributed by atoms with van der Waals surface area (Å²) in [5, 5.41) is 0. The molecule has 2 N–H and O–H groups in total. The van der Waals surface area contributed by atoms with Crippen LogP contribution in [0.3, 0.4) is 0 Å². The van der Waals surface area contributed by atoms with Gasteiger partial charge in [0.15, 0.2) is 0 Å². The summed E-state index contributed by atoms with van der Waals surface area (Å²) in [5.74, 6) is -2.91. The van der Waals surface area contributed by atoms with E-state index in [0.29, 0.717) is 13.0 Å². The van der Waals surface area contributed by atoms with Crippen LogP contribution >= 0.6 is 0 Å². The van der Waals surface area contributed by atoms with Crippen molar-refractivity contribution in [2.24, 2.45) is 11.7 Å². The molecule has 1 atom stereocenters. The van der Waals surface area contributed by atoms with E-state index in [2.05, 4.69) is 0 Å². The highest BCUT2D eigenvalue weighted by Crippen LogP contribution is 2.39. The Morgan fingerprint density at radius 2 is 1.86 bits per heavy atom. The van der Waals surface area contributed by atoms with Crippen molar-refractivity contribution in [2.75, 3.05) is 11.4 Å². The quantitative estimate of drug-likeness (QED) is 0.864. The zero-order valence-corrected chi connectivity index (χ0v) is 11.9. The Labute approximate surface area is 123 Å². The molecule has 1 saturated carbocycles. The molecule has 1 aromatic rings. The molecule has 2 aliphatic rings. The van der Waals surface area contributed by atoms with Gasteiger partial charge in [0, 0.05) is 37.0 Å². The minimum absolute atomic E-state index is 0.0233. The Kier molecular flexibility index (Phi) is 3.69. The Bertz CT molecular complexity index is 537. The molecule has 1 aliphatic carbocycles. The van der Waals surface area contributed by atoms with E-state index in [0.717, 1.165) is 11.3 Å². The summed E-state index contributed by atoms with van der Waals surface area (Å²) >= 11 is 0. The van der Waals surface area contributed by atoms with Gasteiger partial charge in [0.1, 0.15) is 0 Å². The molecule has 0 radical (unpaired) electrons. The predicted molar refractivity (Wildman–Crippen MR) is 77.2 cm³/mol. The maximum absolute atomic E-state index is 13.2. The van der Waals surface area contributed by atoms with Crippen molar-refractivity contribution in [3.8, 4) is 0 Å². The van der Waals surface area contributed by atoms with Gasteiger partial charge in [-0.25, -0.2) is 8.78 Å². The first-order valence-electron chi connectivity index (χ1n) is 7.52. The van der Waals surface area contributed by atoms with Gasteiger partial charge in [-0.05, 0) is 30.9 Å². The number of rotatable bonds is 1. The number of nitrogens with zero attached hydrogens (tertiary/aromatic N) is 1. The van der Waals surface area contributed by atoms with E-state index < -0.39 is 5.92 Å². The number of halogens is 2. The zero-order chi connectivity index (χ0) is 15.0. The summed E-state index contributed by atoms with van der Waals surface area (Å²) in [6.07, 6.45) is 0.898. The number of fused-ring (bicyclic) bond motifs is 1. The van der Waals surface area contributed by atoms with Crippen LogP contribution < -0.4 is 10.6 Å². The second-order valence-corrected chi connectivity index (χ2v) is 6.07. The monoisotopic (exact) mass is 294 g/mol. The van der Waals surface area contributed by atoms with Crippen molar-refractivity contribution in [1.29, 1.82) is 0 Å². The van der Waals surface area contributed by atoms with Crippen molar-refractivity contribution >= 4 is 11.6 Å². The number of benzene rings is 1. The molecule has 1 aliphatic heterocycles. The molecular formula is C16H20F2N2O. The van der Waals surface area contributed by atoms with Gasteiger partial charge in [-0.3, -0.25) is 4.79 Å². The first-order valence-corrected chi connectivity index (χ1v) is 7.52. The van der Waals surface area contributed by atoms with Gasteiger partial charge in [0.2, 0.25) is 11.8 Å². The number of alkyl halides is 2. The number of nitrogens with two attached hydrogens (primary N) is 1. The Balaban J connectivity index is 1.79. The normalized spacial score (nSPS) is 25.5. The van der Waals surface area contributed by atoms with E-state index in [-0.39, 0.29) is 43.6 Å². The fourth-order valence-corrected chi connectivity index (χ4v) is 3.33. The van der Waals surface area contributed by atoms with Gasteiger partial charge in [-0.15, -0.1) is 0 Å². The fourth-order valence-electron chi connectivity index (χ4n) is 3.33. The second-order valence-electron chi connectivity index (χ2n) is 6.07. The van der Waals surface area contributed by atoms with Crippen LogP contribution in [0.2, 0.25) is 0 Å². The number of para-hydroxylation sites is 1. The van der Waals surface area contributed by atoms with Crippen LogP contribution in [0.15, 0.2) is 24.3 Å². The predicted octanol–water partition coefficient (Wildman–Crippen LogP) is 3.25. The molecule has 0 saturated heterocycles. The molecule has 0 spiro atoms. The van der Waals surface area contributed by atoms with E-state index in [9.17, 15) is 13.6 Å². The molecule has 1 heterocycles. The highest BCUT2D eigenvalue weighted by Gasteiger charge is 2.39. The summed E-state index contributed by atoms with van der Waals surface area (Å²) in [7, 11) is 0. The third kappa shape index (κ3) is 2.79. The number of hydrogen-bond donors (Lipinski definition) is 1. The molecule has 114 valence electrons. The van der Waals surface area contributed by atoms with E-state index in [4.69, 9.17) is 5.73 Å². The topological polar surface area (TPSA) is 46.3 Å². The minimum Gasteiger partial charge on any atom is -0.324 e. The third-order valence-corrected chi connectivity index (χ3v) is 4.62. The van der Waals surface area contributed by atoms with Gasteiger partial charge >= 0.3 is 0 Å². The van der Waals surface area contributed by atoms with E-state index in [1.54, 1.807) is 4.90 Å². The summed E-state index contributed by atoms with van der Waals surface area (Å²) in [4.78, 5) is 14.4. The molecule has 1 amide bonds. The fraction of sp³-hybridized carbons (Fsp3) is 0.562. The van der Waals surface area contributed by atoms with E-state index in [1.807, 2.05) is 24.3 Å². The van der Waals surface area contributed by atoms with Gasteiger partial charge < -0.3 is 10.6 Å². The van der Waals surface area contributed by atoms with Crippen LogP contribution in [-0.2, 0) is 4.79 Å². The number of amides is 1. The summed E-state index contributed by atoms with van der Waals surface area (Å²) < 4.78 is 26.5. The van der Waals surface area contributed by atoms with Crippen LogP contribution in [-0.4, -0.2) is 18.4 Å². The molecule has 5 heteroatoms. The first kappa shape index (κ1) is 14.4. The van der Waals surface area contributed by atoms with Crippen LogP contribution in [0.4, 0.5) is 14.5 Å². The second kappa shape index (κ2) is 5.37. The lowest BCUT2D eigenvalue weighted by Gasteiger charge is -2.36. The molecule has 1 unspecified atom stereocenters. The molecular weight excluding hydrogens is 274 g/mol. The van der Waals surface area contributed by atoms with E-state index >= 15 is 0 Å². The maximum Gasteiger partial charge on any atom is 0.248 e. The molecule has 3 rings (SSSR count). The standard InChI is InChI=1S/C16H20F2N2O/c17-16(18)8-5-11(6-9-16)15(21)20-10-7-13(19)12-3-1-2-4-14(12)20/h1-4,11,13H,5-10,19H2.